The van der Waals surface area contributed by atoms with Crippen LogP contribution in [0, 0.1) is 0 Å². The third kappa shape index (κ3) is 4.55. The van der Waals surface area contributed by atoms with Gasteiger partial charge in [0.25, 0.3) is 0 Å². The maximum Gasteiger partial charge on any atom is 0.226 e. The molecule has 170 valence electrons. The van der Waals surface area contributed by atoms with Gasteiger partial charge in [0, 0.05) is 42.2 Å². The van der Waals surface area contributed by atoms with Crippen molar-refractivity contribution in [1.29, 1.82) is 0 Å². The summed E-state index contributed by atoms with van der Waals surface area (Å²) >= 11 is 3.21. The van der Waals surface area contributed by atoms with Crippen LogP contribution < -0.4 is 4.74 Å². The van der Waals surface area contributed by atoms with Gasteiger partial charge in [-0.3, -0.25) is 4.79 Å². The molecule has 8 heteroatoms. The highest BCUT2D eigenvalue weighted by molar-refractivity contribution is 7.17. The summed E-state index contributed by atoms with van der Waals surface area (Å²) in [4.78, 5) is 17.9. The number of nitrogens with zero attached hydrogens (tertiary/aromatic N) is 4. The number of likely N-dealkylation sites (N-methyl/N-ethyl adjacent to an activating group) is 1. The molecule has 0 aliphatic rings. The molecule has 1 amide bonds. The summed E-state index contributed by atoms with van der Waals surface area (Å²) in [6.45, 7) is 0.413. The highest BCUT2D eigenvalue weighted by atomic mass is 32.1. The third-order valence-corrected chi connectivity index (χ3v) is 7.12. The van der Waals surface area contributed by atoms with E-state index < -0.39 is 0 Å². The van der Waals surface area contributed by atoms with Gasteiger partial charge in [0.1, 0.15) is 28.8 Å². The van der Waals surface area contributed by atoms with Gasteiger partial charge in [0.05, 0.1) is 11.1 Å². The predicted octanol–water partition coefficient (Wildman–Crippen LogP) is 5.69. The summed E-state index contributed by atoms with van der Waals surface area (Å²) in [6, 6.07) is 17.9. The minimum atomic E-state index is 0.0767. The van der Waals surface area contributed by atoms with Crippen molar-refractivity contribution in [2.45, 2.75) is 13.0 Å². The number of amides is 1. The van der Waals surface area contributed by atoms with Crippen molar-refractivity contribution < 1.29 is 9.53 Å². The Morgan fingerprint density at radius 3 is 2.50 bits per heavy atom. The van der Waals surface area contributed by atoms with Crippen LogP contribution in [0.25, 0.3) is 32.6 Å². The topological polar surface area (TPSA) is 68.2 Å². The molecule has 3 aromatic heterocycles. The van der Waals surface area contributed by atoms with E-state index in [0.29, 0.717) is 13.0 Å². The van der Waals surface area contributed by atoms with Gasteiger partial charge in [-0.05, 0) is 29.1 Å². The first-order chi connectivity index (χ1) is 16.6. The summed E-state index contributed by atoms with van der Waals surface area (Å²) in [5.41, 5.74) is 4.48. The molecule has 6 nitrogen and oxygen atoms in total. The Kier molecular flexibility index (Phi) is 6.33. The minimum Gasteiger partial charge on any atom is -0.486 e. The van der Waals surface area contributed by atoms with Crippen molar-refractivity contribution in [1.82, 2.24) is 20.1 Å². The number of thiophene rings is 1. The number of aromatic nitrogens is 3. The van der Waals surface area contributed by atoms with Gasteiger partial charge < -0.3 is 9.64 Å². The number of rotatable bonds is 7. The van der Waals surface area contributed by atoms with E-state index in [0.717, 1.165) is 48.9 Å². The Balaban J connectivity index is 1.47. The van der Waals surface area contributed by atoms with Gasteiger partial charge >= 0.3 is 0 Å². The highest BCUT2D eigenvalue weighted by Gasteiger charge is 2.17. The molecule has 0 aliphatic heterocycles. The van der Waals surface area contributed by atoms with Crippen molar-refractivity contribution in [3.05, 3.63) is 82.1 Å². The number of benzene rings is 2. The van der Waals surface area contributed by atoms with E-state index in [1.54, 1.807) is 47.9 Å². The Hall–Kier alpha value is -3.62. The highest BCUT2D eigenvalue weighted by Crippen LogP contribution is 2.39. The van der Waals surface area contributed by atoms with E-state index in [1.165, 1.54) is 0 Å². The largest absolute Gasteiger partial charge is 0.486 e. The van der Waals surface area contributed by atoms with Crippen LogP contribution in [-0.2, 0) is 17.8 Å². The summed E-state index contributed by atoms with van der Waals surface area (Å²) in [7, 11) is 3.53. The molecule has 0 aliphatic carbocycles. The average Bonchev–Trinajstić information content (AvgIpc) is 3.55. The Morgan fingerprint density at radius 1 is 0.941 bits per heavy atom. The molecular weight excluding hydrogens is 464 g/mol. The number of ether oxygens (including phenoxy) is 1. The van der Waals surface area contributed by atoms with Crippen molar-refractivity contribution in [3.63, 3.8) is 0 Å². The van der Waals surface area contributed by atoms with Crippen LogP contribution in [0.4, 0.5) is 0 Å². The molecule has 5 rings (SSSR count). The van der Waals surface area contributed by atoms with Crippen molar-refractivity contribution >= 4 is 38.7 Å². The molecule has 0 bridgehead atoms. The number of carbonyl (C=O) groups excluding carboxylic acids is 1. The lowest BCUT2D eigenvalue weighted by Crippen LogP contribution is -2.23. The normalized spacial score (nSPS) is 11.0. The fourth-order valence-electron chi connectivity index (χ4n) is 3.63. The molecule has 5 aromatic rings. The SMILES string of the molecule is CN(C)C(=O)Cc1ccc(-c2nnc(-c3ccccc3OCc3nccs3)c3sccc23)cc1. The number of fused-ring (bicyclic) bond motifs is 1. The minimum absolute atomic E-state index is 0.0767. The first-order valence-corrected chi connectivity index (χ1v) is 12.5. The van der Waals surface area contributed by atoms with Crippen molar-refractivity contribution in [2.24, 2.45) is 0 Å². The molecule has 0 N–H and O–H groups in total. The van der Waals surface area contributed by atoms with Crippen LogP contribution in [0.15, 0.2) is 71.6 Å². The molecule has 0 saturated carbocycles. The van der Waals surface area contributed by atoms with Crippen molar-refractivity contribution in [2.75, 3.05) is 14.1 Å². The standard InChI is InChI=1S/C26H22N4O2S2/c1-30(2)23(31)15-17-7-9-18(10-8-17)24-20-11-13-34-26(20)25(29-28-24)19-5-3-4-6-21(19)32-16-22-27-12-14-33-22/h3-14H,15-16H2,1-2H3. The Bertz CT molecular complexity index is 1430. The molecule has 0 radical (unpaired) electrons. The summed E-state index contributed by atoms with van der Waals surface area (Å²) in [5.74, 6) is 0.831. The second-order valence-corrected chi connectivity index (χ2v) is 9.83. The zero-order valence-corrected chi connectivity index (χ0v) is 20.4. The van der Waals surface area contributed by atoms with E-state index in [2.05, 4.69) is 26.6 Å². The molecule has 0 saturated heterocycles. The van der Waals surface area contributed by atoms with E-state index in [4.69, 9.17) is 4.74 Å². The first-order valence-electron chi connectivity index (χ1n) is 10.7. The third-order valence-electron chi connectivity index (χ3n) is 5.44. The first kappa shape index (κ1) is 22.2. The number of hydrogen-bond donors (Lipinski definition) is 0. The summed E-state index contributed by atoms with van der Waals surface area (Å²) in [6.07, 6.45) is 2.16. The molecule has 34 heavy (non-hydrogen) atoms. The molecule has 0 fully saturated rings. The number of para-hydroxylation sites is 1. The van der Waals surface area contributed by atoms with Crippen LogP contribution in [0.5, 0.6) is 5.75 Å². The fraction of sp³-hybridized carbons (Fsp3) is 0.154. The molecule has 0 spiro atoms. The van der Waals surface area contributed by atoms with E-state index in [-0.39, 0.29) is 5.91 Å². The second kappa shape index (κ2) is 9.70. The van der Waals surface area contributed by atoms with Gasteiger partial charge in [-0.1, -0.05) is 36.4 Å². The molecule has 0 unspecified atom stereocenters. The maximum absolute atomic E-state index is 12.0. The van der Waals surface area contributed by atoms with Crippen LogP contribution in [-0.4, -0.2) is 40.1 Å². The van der Waals surface area contributed by atoms with Crippen LogP contribution in [0.2, 0.25) is 0 Å². The number of thiazole rings is 1. The second-order valence-electron chi connectivity index (χ2n) is 7.93. The van der Waals surface area contributed by atoms with E-state index in [1.807, 2.05) is 53.9 Å². The van der Waals surface area contributed by atoms with E-state index in [9.17, 15) is 4.79 Å². The van der Waals surface area contributed by atoms with Crippen LogP contribution in [0.3, 0.4) is 0 Å². The zero-order valence-electron chi connectivity index (χ0n) is 18.8. The van der Waals surface area contributed by atoms with E-state index >= 15 is 0 Å². The zero-order chi connectivity index (χ0) is 23.5. The monoisotopic (exact) mass is 486 g/mol. The number of carbonyl (C=O) groups is 1. The quantitative estimate of drug-likeness (QED) is 0.296. The fourth-order valence-corrected chi connectivity index (χ4v) is 5.05. The lowest BCUT2D eigenvalue weighted by molar-refractivity contribution is -0.127. The van der Waals surface area contributed by atoms with Gasteiger partial charge in [0.2, 0.25) is 5.91 Å². The summed E-state index contributed by atoms with van der Waals surface area (Å²) < 4.78 is 7.15. The smallest absolute Gasteiger partial charge is 0.226 e. The Morgan fingerprint density at radius 2 is 1.74 bits per heavy atom. The summed E-state index contributed by atoms with van der Waals surface area (Å²) in [5, 5.41) is 15.2. The number of hydrogen-bond acceptors (Lipinski definition) is 7. The van der Waals surface area contributed by atoms with Gasteiger partial charge in [-0.25, -0.2) is 4.98 Å². The Labute approximate surface area is 205 Å². The van der Waals surface area contributed by atoms with Gasteiger partial charge in [-0.15, -0.1) is 32.9 Å². The van der Waals surface area contributed by atoms with Crippen LogP contribution >= 0.6 is 22.7 Å². The average molecular weight is 487 g/mol. The molecule has 2 aromatic carbocycles. The van der Waals surface area contributed by atoms with Crippen molar-refractivity contribution in [3.8, 4) is 28.3 Å². The van der Waals surface area contributed by atoms with Gasteiger partial charge in [0.15, 0.2) is 0 Å². The molecule has 3 heterocycles. The van der Waals surface area contributed by atoms with Gasteiger partial charge in [-0.2, -0.15) is 0 Å². The van der Waals surface area contributed by atoms with Crippen LogP contribution in [0.1, 0.15) is 10.6 Å². The predicted molar refractivity (Wildman–Crippen MR) is 137 cm³/mol. The lowest BCUT2D eigenvalue weighted by atomic mass is 10.0. The molecular formula is C26H22N4O2S2. The lowest BCUT2D eigenvalue weighted by Gasteiger charge is -2.12. The maximum atomic E-state index is 12.0. The molecule has 0 atom stereocenters.